The van der Waals surface area contributed by atoms with Gasteiger partial charge in [0.25, 0.3) is 0 Å². The Morgan fingerprint density at radius 1 is 1.00 bits per heavy atom. The van der Waals surface area contributed by atoms with E-state index in [-0.39, 0.29) is 12.1 Å². The molecule has 0 amide bonds. The van der Waals surface area contributed by atoms with E-state index in [4.69, 9.17) is 28.6 Å². The zero-order valence-corrected chi connectivity index (χ0v) is 18.8. The van der Waals surface area contributed by atoms with Crippen LogP contribution in [-0.4, -0.2) is 26.8 Å². The zero-order chi connectivity index (χ0) is 22.1. The number of nitrogens with zero attached hydrogens (tertiary/aromatic N) is 4. The molecule has 2 atom stereocenters. The lowest BCUT2D eigenvalue weighted by atomic mass is 10.0. The number of rotatable bonds is 5. The van der Waals surface area contributed by atoms with Crippen LogP contribution in [0.5, 0.6) is 5.75 Å². The van der Waals surface area contributed by atoms with Crippen molar-refractivity contribution in [2.75, 3.05) is 12.0 Å². The first-order valence-electron chi connectivity index (χ1n) is 10.1. The largest absolute Gasteiger partial charge is 0.495 e. The molecule has 0 bridgehead atoms. The highest BCUT2D eigenvalue weighted by Gasteiger charge is 2.42. The third-order valence-electron chi connectivity index (χ3n) is 5.54. The standard InChI is InChI=1S/C24H20ClN5OS/c1-31-21-8-7-17(15-18(21)25)30-23(22(28-24(30)32)19-5-2-3-11-27-19)20-6-4-14-29(20)16-9-12-26-13-10-16/h2-15,22-23H,1H3,(H,28,32)/t22-,23+/m1/s1. The first kappa shape index (κ1) is 20.5. The van der Waals surface area contributed by atoms with Gasteiger partial charge >= 0.3 is 0 Å². The molecule has 0 saturated carbocycles. The molecule has 1 saturated heterocycles. The molecular formula is C24H20ClN5OS. The highest BCUT2D eigenvalue weighted by molar-refractivity contribution is 7.80. The average Bonchev–Trinajstić information content (AvgIpc) is 3.44. The molecule has 0 spiro atoms. The molecule has 32 heavy (non-hydrogen) atoms. The summed E-state index contributed by atoms with van der Waals surface area (Å²) in [7, 11) is 1.60. The summed E-state index contributed by atoms with van der Waals surface area (Å²) in [6.45, 7) is 0. The molecule has 3 aromatic heterocycles. The Morgan fingerprint density at radius 2 is 1.84 bits per heavy atom. The van der Waals surface area contributed by atoms with Gasteiger partial charge in [0, 0.05) is 41.9 Å². The maximum Gasteiger partial charge on any atom is 0.174 e. The number of aromatic nitrogens is 3. The maximum absolute atomic E-state index is 6.47. The van der Waals surface area contributed by atoms with Gasteiger partial charge in [0.05, 0.1) is 23.9 Å². The minimum Gasteiger partial charge on any atom is -0.495 e. The molecule has 160 valence electrons. The third kappa shape index (κ3) is 3.59. The maximum atomic E-state index is 6.47. The van der Waals surface area contributed by atoms with Crippen LogP contribution in [0.2, 0.25) is 5.02 Å². The van der Waals surface area contributed by atoms with Crippen molar-refractivity contribution in [3.8, 4) is 11.4 Å². The van der Waals surface area contributed by atoms with Crippen molar-refractivity contribution < 1.29 is 4.74 Å². The summed E-state index contributed by atoms with van der Waals surface area (Å²) in [4.78, 5) is 10.9. The van der Waals surface area contributed by atoms with Crippen molar-refractivity contribution in [1.29, 1.82) is 0 Å². The van der Waals surface area contributed by atoms with Gasteiger partial charge in [-0.1, -0.05) is 17.7 Å². The van der Waals surface area contributed by atoms with E-state index in [1.165, 1.54) is 0 Å². The molecule has 1 aliphatic rings. The van der Waals surface area contributed by atoms with Crippen LogP contribution in [0, 0.1) is 0 Å². The second-order valence-corrected chi connectivity index (χ2v) is 8.12. The minimum absolute atomic E-state index is 0.153. The predicted octanol–water partition coefficient (Wildman–Crippen LogP) is 5.11. The number of hydrogen-bond donors (Lipinski definition) is 1. The molecule has 6 nitrogen and oxygen atoms in total. The molecule has 0 radical (unpaired) electrons. The van der Waals surface area contributed by atoms with E-state index in [2.05, 4.69) is 30.8 Å². The Balaban J connectivity index is 1.66. The van der Waals surface area contributed by atoms with Crippen LogP contribution < -0.4 is 15.0 Å². The summed E-state index contributed by atoms with van der Waals surface area (Å²) >= 11 is 12.3. The van der Waals surface area contributed by atoms with Crippen LogP contribution >= 0.6 is 23.8 Å². The SMILES string of the molecule is COc1ccc(N2C(=S)N[C@H](c3ccccn3)[C@@H]2c2cccn2-c2ccncc2)cc1Cl. The number of ether oxygens (including phenoxy) is 1. The van der Waals surface area contributed by atoms with E-state index < -0.39 is 0 Å². The van der Waals surface area contributed by atoms with Crippen LogP contribution in [-0.2, 0) is 0 Å². The van der Waals surface area contributed by atoms with Crippen LogP contribution in [0.25, 0.3) is 5.69 Å². The summed E-state index contributed by atoms with van der Waals surface area (Å²) in [6.07, 6.45) is 7.41. The number of hydrogen-bond acceptors (Lipinski definition) is 4. The second kappa shape index (κ2) is 8.61. The summed E-state index contributed by atoms with van der Waals surface area (Å²) in [5.41, 5.74) is 3.86. The molecule has 0 unspecified atom stereocenters. The van der Waals surface area contributed by atoms with Crippen molar-refractivity contribution in [1.82, 2.24) is 19.9 Å². The number of nitrogens with one attached hydrogen (secondary N) is 1. The number of halogens is 1. The number of thiocarbonyl (C=S) groups is 1. The van der Waals surface area contributed by atoms with Gasteiger partial charge in [0.2, 0.25) is 0 Å². The number of pyridine rings is 2. The lowest BCUT2D eigenvalue weighted by molar-refractivity contribution is 0.415. The molecule has 5 rings (SSSR count). The number of methoxy groups -OCH3 is 1. The van der Waals surface area contributed by atoms with Gasteiger partial charge < -0.3 is 19.5 Å². The fraction of sp³-hybridized carbons (Fsp3) is 0.125. The molecular weight excluding hydrogens is 442 g/mol. The van der Waals surface area contributed by atoms with Gasteiger partial charge in [-0.25, -0.2) is 0 Å². The van der Waals surface area contributed by atoms with Crippen LogP contribution in [0.4, 0.5) is 5.69 Å². The lowest BCUT2D eigenvalue weighted by Gasteiger charge is -2.29. The quantitative estimate of drug-likeness (QED) is 0.417. The Labute approximate surface area is 196 Å². The third-order valence-corrected chi connectivity index (χ3v) is 6.15. The Bertz CT molecular complexity index is 1250. The molecule has 1 aromatic carbocycles. The van der Waals surface area contributed by atoms with Gasteiger partial charge in [-0.2, -0.15) is 0 Å². The second-order valence-electron chi connectivity index (χ2n) is 7.32. The molecule has 0 aliphatic carbocycles. The van der Waals surface area contributed by atoms with E-state index >= 15 is 0 Å². The van der Waals surface area contributed by atoms with Crippen molar-refractivity contribution >= 4 is 34.6 Å². The van der Waals surface area contributed by atoms with Crippen LogP contribution in [0.3, 0.4) is 0 Å². The van der Waals surface area contributed by atoms with E-state index in [1.54, 1.807) is 25.7 Å². The monoisotopic (exact) mass is 461 g/mol. The van der Waals surface area contributed by atoms with Gasteiger partial charge in [-0.15, -0.1) is 0 Å². The zero-order valence-electron chi connectivity index (χ0n) is 17.2. The summed E-state index contributed by atoms with van der Waals surface area (Å²) in [5.74, 6) is 0.617. The summed E-state index contributed by atoms with van der Waals surface area (Å²) in [6, 6.07) is 19.4. The number of anilines is 1. The highest BCUT2D eigenvalue weighted by Crippen LogP contribution is 2.43. The average molecular weight is 462 g/mol. The van der Waals surface area contributed by atoms with Crippen LogP contribution in [0.1, 0.15) is 23.5 Å². The van der Waals surface area contributed by atoms with Gasteiger partial charge in [-0.05, 0) is 66.8 Å². The predicted molar refractivity (Wildman–Crippen MR) is 129 cm³/mol. The highest BCUT2D eigenvalue weighted by atomic mass is 35.5. The fourth-order valence-electron chi connectivity index (χ4n) is 4.11. The Kier molecular flexibility index (Phi) is 5.51. The smallest absolute Gasteiger partial charge is 0.174 e. The van der Waals surface area contributed by atoms with E-state index in [0.717, 1.165) is 22.8 Å². The van der Waals surface area contributed by atoms with Gasteiger partial charge in [0.15, 0.2) is 5.11 Å². The molecule has 1 aliphatic heterocycles. The van der Waals surface area contributed by atoms with Crippen molar-refractivity contribution in [2.24, 2.45) is 0 Å². The van der Waals surface area contributed by atoms with E-state index in [1.807, 2.05) is 60.8 Å². The normalized spacial score (nSPS) is 17.9. The first-order valence-corrected chi connectivity index (χ1v) is 10.9. The topological polar surface area (TPSA) is 55.2 Å². The molecule has 1 fully saturated rings. The number of benzene rings is 1. The summed E-state index contributed by atoms with van der Waals surface area (Å²) < 4.78 is 7.49. The van der Waals surface area contributed by atoms with Gasteiger partial charge in [0.1, 0.15) is 11.8 Å². The van der Waals surface area contributed by atoms with Gasteiger partial charge in [-0.3, -0.25) is 9.97 Å². The lowest BCUT2D eigenvalue weighted by Crippen LogP contribution is -2.30. The van der Waals surface area contributed by atoms with E-state index in [0.29, 0.717) is 15.9 Å². The summed E-state index contributed by atoms with van der Waals surface area (Å²) in [5, 5.41) is 4.61. The molecule has 8 heteroatoms. The first-order chi connectivity index (χ1) is 15.7. The Morgan fingerprint density at radius 3 is 2.56 bits per heavy atom. The minimum atomic E-state index is -0.162. The van der Waals surface area contributed by atoms with E-state index in [9.17, 15) is 0 Å². The molecule has 4 aromatic rings. The molecule has 1 N–H and O–H groups in total. The molecule has 4 heterocycles. The Hall–Kier alpha value is -3.42. The van der Waals surface area contributed by atoms with Crippen molar-refractivity contribution in [3.63, 3.8) is 0 Å². The van der Waals surface area contributed by atoms with Crippen LogP contribution in [0.15, 0.2) is 85.5 Å². The van der Waals surface area contributed by atoms with Crippen molar-refractivity contribution in [3.05, 3.63) is 102 Å². The van der Waals surface area contributed by atoms with Crippen molar-refractivity contribution in [2.45, 2.75) is 12.1 Å². The fourth-order valence-corrected chi connectivity index (χ4v) is 4.71.